The second-order valence-electron chi connectivity index (χ2n) is 6.82. The van der Waals surface area contributed by atoms with Crippen molar-refractivity contribution in [2.75, 3.05) is 6.26 Å². The molecule has 5 N–H and O–H groups in total. The van der Waals surface area contributed by atoms with Gasteiger partial charge in [0.2, 0.25) is 0 Å². The summed E-state index contributed by atoms with van der Waals surface area (Å²) in [4.78, 5) is 0. The molecule has 1 aliphatic carbocycles. The third-order valence-electron chi connectivity index (χ3n) is 3.88. The van der Waals surface area contributed by atoms with Gasteiger partial charge in [0.05, 0.1) is 18.5 Å². The lowest BCUT2D eigenvalue weighted by Crippen LogP contribution is -2.44. The van der Waals surface area contributed by atoms with Crippen LogP contribution in [0, 0.1) is 11.8 Å². The van der Waals surface area contributed by atoms with Crippen molar-refractivity contribution < 1.29 is 23.2 Å². The summed E-state index contributed by atoms with van der Waals surface area (Å²) in [5, 5.41) is 19.8. The summed E-state index contributed by atoms with van der Waals surface area (Å²) in [5.41, 5.74) is 6.01. The van der Waals surface area contributed by atoms with Gasteiger partial charge in [0.15, 0.2) is 0 Å². The first-order valence-electron chi connectivity index (χ1n) is 8.04. The number of hydrogen-bond acceptors (Lipinski definition) is 5. The second-order valence-corrected chi connectivity index (χ2v) is 8.29. The Hall–Kier alpha value is -0.210. The van der Waals surface area contributed by atoms with Gasteiger partial charge in [-0.3, -0.25) is 4.55 Å². The molecule has 134 valence electrons. The van der Waals surface area contributed by atoms with E-state index in [0.29, 0.717) is 24.5 Å². The minimum Gasteiger partial charge on any atom is -0.390 e. The van der Waals surface area contributed by atoms with Gasteiger partial charge in [0.25, 0.3) is 10.1 Å². The smallest absolute Gasteiger partial charge is 0.261 e. The van der Waals surface area contributed by atoms with Crippen LogP contribution in [0.4, 0.5) is 0 Å². The summed E-state index contributed by atoms with van der Waals surface area (Å²) >= 11 is 0. The van der Waals surface area contributed by atoms with Crippen molar-refractivity contribution in [1.29, 1.82) is 0 Å². The summed E-state index contributed by atoms with van der Waals surface area (Å²) in [7, 11) is -3.67. The van der Waals surface area contributed by atoms with Crippen molar-refractivity contribution in [3.8, 4) is 0 Å². The van der Waals surface area contributed by atoms with Crippen molar-refractivity contribution in [2.24, 2.45) is 17.6 Å². The van der Waals surface area contributed by atoms with Crippen molar-refractivity contribution in [3.63, 3.8) is 0 Å². The molecule has 1 fully saturated rings. The Morgan fingerprint density at radius 2 is 1.59 bits per heavy atom. The van der Waals surface area contributed by atoms with E-state index in [1.54, 1.807) is 0 Å². The zero-order chi connectivity index (χ0) is 17.3. The van der Waals surface area contributed by atoms with Crippen molar-refractivity contribution >= 4 is 10.1 Å². The van der Waals surface area contributed by atoms with E-state index < -0.39 is 22.3 Å². The van der Waals surface area contributed by atoms with Crippen LogP contribution in [0.5, 0.6) is 0 Å². The normalized spacial score (nSPS) is 20.9. The Morgan fingerprint density at radius 1 is 1.14 bits per heavy atom. The van der Waals surface area contributed by atoms with E-state index in [2.05, 4.69) is 0 Å². The largest absolute Gasteiger partial charge is 0.390 e. The van der Waals surface area contributed by atoms with Gasteiger partial charge in [-0.2, -0.15) is 8.42 Å². The molecule has 0 unspecified atom stereocenters. The van der Waals surface area contributed by atoms with Crippen LogP contribution in [-0.4, -0.2) is 47.7 Å². The van der Waals surface area contributed by atoms with Crippen molar-refractivity contribution in [2.45, 2.75) is 77.0 Å². The molecule has 0 aliphatic heterocycles. The molecule has 1 rings (SSSR count). The number of hydrogen-bond donors (Lipinski definition) is 4. The molecule has 0 radical (unpaired) electrons. The zero-order valence-electron chi connectivity index (χ0n) is 14.0. The topological polar surface area (TPSA) is 121 Å². The molecule has 0 aromatic carbocycles. The van der Waals surface area contributed by atoms with Crippen LogP contribution in [0.3, 0.4) is 0 Å². The summed E-state index contributed by atoms with van der Waals surface area (Å²) in [6.45, 7) is 4.09. The van der Waals surface area contributed by atoms with E-state index in [4.69, 9.17) is 10.3 Å². The fraction of sp³-hybridized carbons (Fsp3) is 1.00. The monoisotopic (exact) mass is 339 g/mol. The Morgan fingerprint density at radius 3 is 2.00 bits per heavy atom. The Bertz CT molecular complexity index is 371. The van der Waals surface area contributed by atoms with Gasteiger partial charge in [-0.15, -0.1) is 0 Å². The average Bonchev–Trinajstić information content (AvgIpc) is 2.36. The number of aliphatic hydroxyl groups is 2. The first-order chi connectivity index (χ1) is 10.0. The lowest BCUT2D eigenvalue weighted by atomic mass is 9.83. The van der Waals surface area contributed by atoms with E-state index in [1.165, 1.54) is 32.1 Å². The first-order valence-corrected chi connectivity index (χ1v) is 9.89. The molecule has 0 saturated heterocycles. The van der Waals surface area contributed by atoms with E-state index in [1.807, 2.05) is 13.8 Å². The van der Waals surface area contributed by atoms with Crippen LogP contribution in [0.2, 0.25) is 0 Å². The van der Waals surface area contributed by atoms with Crippen LogP contribution in [-0.2, 0) is 10.1 Å². The van der Waals surface area contributed by atoms with Gasteiger partial charge in [-0.05, 0) is 24.7 Å². The molecule has 0 aromatic rings. The van der Waals surface area contributed by atoms with E-state index in [9.17, 15) is 18.6 Å². The molecule has 6 nitrogen and oxygen atoms in total. The van der Waals surface area contributed by atoms with Crippen LogP contribution in [0.25, 0.3) is 0 Å². The molecule has 1 aliphatic rings. The highest BCUT2D eigenvalue weighted by molar-refractivity contribution is 7.85. The number of rotatable bonds is 6. The minimum absolute atomic E-state index is 0.271. The van der Waals surface area contributed by atoms with Gasteiger partial charge in [0.1, 0.15) is 0 Å². The molecule has 0 amide bonds. The maximum atomic E-state index is 9.99. The van der Waals surface area contributed by atoms with Crippen molar-refractivity contribution in [1.82, 2.24) is 0 Å². The highest BCUT2D eigenvalue weighted by atomic mass is 32.2. The highest BCUT2D eigenvalue weighted by Gasteiger charge is 2.26. The van der Waals surface area contributed by atoms with Crippen LogP contribution in [0.15, 0.2) is 0 Å². The molecule has 22 heavy (non-hydrogen) atoms. The van der Waals surface area contributed by atoms with Crippen LogP contribution in [0.1, 0.15) is 58.8 Å². The third-order valence-corrected chi connectivity index (χ3v) is 3.88. The molecule has 0 spiro atoms. The van der Waals surface area contributed by atoms with Gasteiger partial charge in [-0.25, -0.2) is 0 Å². The summed E-state index contributed by atoms with van der Waals surface area (Å²) in [6, 6.07) is -0.271. The second kappa shape index (κ2) is 10.5. The number of nitrogens with two attached hydrogens (primary N) is 1. The quantitative estimate of drug-likeness (QED) is 0.545. The van der Waals surface area contributed by atoms with Crippen molar-refractivity contribution in [3.05, 3.63) is 0 Å². The molecular weight excluding hydrogens is 306 g/mol. The first kappa shape index (κ1) is 21.8. The van der Waals surface area contributed by atoms with E-state index in [-0.39, 0.29) is 6.04 Å². The zero-order valence-corrected chi connectivity index (χ0v) is 14.8. The predicted octanol–water partition coefficient (Wildman–Crippen LogP) is 1.56. The highest BCUT2D eigenvalue weighted by Crippen LogP contribution is 2.28. The fourth-order valence-electron chi connectivity index (χ4n) is 2.85. The van der Waals surface area contributed by atoms with E-state index >= 15 is 0 Å². The average molecular weight is 339 g/mol. The molecule has 0 bridgehead atoms. The summed E-state index contributed by atoms with van der Waals surface area (Å²) < 4.78 is 25.9. The minimum atomic E-state index is -3.67. The number of aliphatic hydroxyl groups excluding tert-OH is 2. The van der Waals surface area contributed by atoms with Gasteiger partial charge < -0.3 is 15.9 Å². The Labute approximate surface area is 134 Å². The molecular formula is C15H33NO5S. The SMILES string of the molecule is CC(C)C[C@H](O)[C@H](O)[C@@H](N)CC1CCCCC1.CS(=O)(=O)O. The Kier molecular flexibility index (Phi) is 10.4. The van der Waals surface area contributed by atoms with Gasteiger partial charge in [0, 0.05) is 6.04 Å². The fourth-order valence-corrected chi connectivity index (χ4v) is 2.85. The molecule has 7 heteroatoms. The summed E-state index contributed by atoms with van der Waals surface area (Å²) in [5.74, 6) is 1.04. The maximum Gasteiger partial charge on any atom is 0.261 e. The van der Waals surface area contributed by atoms with Crippen LogP contribution >= 0.6 is 0 Å². The Balaban J connectivity index is 0.000000763. The third kappa shape index (κ3) is 12.3. The van der Waals surface area contributed by atoms with Crippen LogP contribution < -0.4 is 5.73 Å². The molecule has 1 saturated carbocycles. The van der Waals surface area contributed by atoms with E-state index in [0.717, 1.165) is 6.42 Å². The van der Waals surface area contributed by atoms with Gasteiger partial charge in [-0.1, -0.05) is 46.0 Å². The maximum absolute atomic E-state index is 9.99. The standard InChI is InChI=1S/C14H29NO2.CH4O3S/c1-10(2)8-13(16)14(17)12(15)9-11-6-4-3-5-7-11;1-5(2,3)4/h10-14,16-17H,3-9,15H2,1-2H3;1H3,(H,2,3,4)/t12-,13-,14+;/m0./s1. The lowest BCUT2D eigenvalue weighted by molar-refractivity contribution is -0.0117. The predicted molar refractivity (Wildman–Crippen MR) is 88.1 cm³/mol. The van der Waals surface area contributed by atoms with Gasteiger partial charge >= 0.3 is 0 Å². The molecule has 0 heterocycles. The lowest BCUT2D eigenvalue weighted by Gasteiger charge is -2.29. The molecule has 0 aromatic heterocycles. The summed E-state index contributed by atoms with van der Waals surface area (Å²) in [6.07, 6.45) is 7.16. The molecule has 3 atom stereocenters.